The van der Waals surface area contributed by atoms with Crippen LogP contribution in [0.25, 0.3) is 0 Å². The van der Waals surface area contributed by atoms with Gasteiger partial charge in [0.05, 0.1) is 24.8 Å². The molecule has 210 valence electrons. The zero-order valence-corrected chi connectivity index (χ0v) is 23.7. The van der Waals surface area contributed by atoms with Gasteiger partial charge in [0.1, 0.15) is 17.4 Å². The Morgan fingerprint density at radius 1 is 1.21 bits per heavy atom. The van der Waals surface area contributed by atoms with Gasteiger partial charge in [0, 0.05) is 18.6 Å². The van der Waals surface area contributed by atoms with E-state index in [0.717, 1.165) is 57.9 Å². The SMILES string of the molecule is C=C(/C=C\C=C/C)OCCC(=O)NC1CCC(CN(c2ncc(F)cc2C(C)=O)C(CCC)CCC)CC1. The maximum atomic E-state index is 14.0. The van der Waals surface area contributed by atoms with E-state index in [1.54, 1.807) is 6.08 Å². The number of hydrogen-bond donors (Lipinski definition) is 1. The summed E-state index contributed by atoms with van der Waals surface area (Å²) in [5.74, 6) is 0.890. The molecule has 1 aliphatic carbocycles. The molecule has 1 heterocycles. The van der Waals surface area contributed by atoms with Crippen molar-refractivity contribution in [2.75, 3.05) is 18.1 Å². The van der Waals surface area contributed by atoms with Crippen LogP contribution in [0.4, 0.5) is 10.2 Å². The number of carbonyl (C=O) groups is 2. The highest BCUT2D eigenvalue weighted by atomic mass is 19.1. The summed E-state index contributed by atoms with van der Waals surface area (Å²) in [7, 11) is 0. The van der Waals surface area contributed by atoms with E-state index in [4.69, 9.17) is 4.74 Å². The smallest absolute Gasteiger partial charge is 0.223 e. The highest BCUT2D eigenvalue weighted by Gasteiger charge is 2.29. The number of nitrogens with one attached hydrogen (secondary N) is 1. The quantitative estimate of drug-likeness (QED) is 0.143. The van der Waals surface area contributed by atoms with Crippen molar-refractivity contribution in [1.82, 2.24) is 10.3 Å². The number of anilines is 1. The maximum absolute atomic E-state index is 14.0. The predicted molar refractivity (Wildman–Crippen MR) is 153 cm³/mol. The molecule has 1 fully saturated rings. The van der Waals surface area contributed by atoms with Crippen molar-refractivity contribution >= 4 is 17.5 Å². The fourth-order valence-electron chi connectivity index (χ4n) is 5.12. The molecule has 1 N–H and O–H groups in total. The number of allylic oxidation sites excluding steroid dienone is 4. The van der Waals surface area contributed by atoms with Crippen molar-refractivity contribution < 1.29 is 18.7 Å². The molecule has 0 aromatic carbocycles. The van der Waals surface area contributed by atoms with Gasteiger partial charge in [-0.25, -0.2) is 9.37 Å². The van der Waals surface area contributed by atoms with E-state index in [1.807, 2.05) is 25.2 Å². The molecule has 0 aliphatic heterocycles. The Balaban J connectivity index is 1.96. The van der Waals surface area contributed by atoms with Crippen LogP contribution in [0.3, 0.4) is 0 Å². The van der Waals surface area contributed by atoms with Gasteiger partial charge in [-0.3, -0.25) is 9.59 Å². The minimum Gasteiger partial charge on any atom is -0.494 e. The molecule has 2 rings (SSSR count). The van der Waals surface area contributed by atoms with Crippen molar-refractivity contribution in [3.05, 3.63) is 60.3 Å². The predicted octanol–water partition coefficient (Wildman–Crippen LogP) is 6.93. The standard InChI is InChI=1S/C31H46FN3O3/c1-6-9-10-13-23(4)38-19-18-30(37)34-27-16-14-25(15-17-27)22-35(28(11-7-2)12-8-3)31-29(24(5)36)20-26(32)21-33-31/h6,9-10,13,20-21,25,27-28H,4,7-8,11-12,14-19,22H2,1-3,5H3,(H,34,37)/b9-6-,13-10-. The number of Topliss-reactive ketones (excluding diaryl/α,β-unsaturated/α-hetero) is 1. The van der Waals surface area contributed by atoms with Gasteiger partial charge >= 0.3 is 0 Å². The van der Waals surface area contributed by atoms with Crippen LogP contribution in [0.5, 0.6) is 0 Å². The van der Waals surface area contributed by atoms with Crippen LogP contribution < -0.4 is 10.2 Å². The molecule has 0 radical (unpaired) electrons. The molecule has 1 saturated carbocycles. The lowest BCUT2D eigenvalue weighted by atomic mass is 9.85. The summed E-state index contributed by atoms with van der Waals surface area (Å²) in [6, 6.07) is 1.72. The van der Waals surface area contributed by atoms with E-state index in [2.05, 4.69) is 35.6 Å². The second-order valence-electron chi connectivity index (χ2n) is 10.2. The van der Waals surface area contributed by atoms with E-state index in [9.17, 15) is 14.0 Å². The largest absolute Gasteiger partial charge is 0.494 e. The number of rotatable bonds is 16. The highest BCUT2D eigenvalue weighted by Crippen LogP contribution is 2.31. The topological polar surface area (TPSA) is 71.5 Å². The van der Waals surface area contributed by atoms with E-state index in [1.165, 1.54) is 19.2 Å². The van der Waals surface area contributed by atoms with Crippen LogP contribution in [0.15, 0.2) is 48.9 Å². The first-order valence-electron chi connectivity index (χ1n) is 14.1. The Labute approximate surface area is 228 Å². The molecule has 1 aromatic heterocycles. The van der Waals surface area contributed by atoms with Gasteiger partial charge < -0.3 is 15.0 Å². The normalized spacial score (nSPS) is 17.7. The third kappa shape index (κ3) is 10.4. The van der Waals surface area contributed by atoms with Crippen molar-refractivity contribution in [2.24, 2.45) is 5.92 Å². The number of ether oxygens (including phenoxy) is 1. The Bertz CT molecular complexity index is 961. The molecular weight excluding hydrogens is 481 g/mol. The minimum atomic E-state index is -0.488. The van der Waals surface area contributed by atoms with Crippen LogP contribution in [-0.4, -0.2) is 41.9 Å². The molecule has 1 aromatic rings. The Hall–Kier alpha value is -2.96. The van der Waals surface area contributed by atoms with Gasteiger partial charge in [-0.2, -0.15) is 0 Å². The minimum absolute atomic E-state index is 0.00659. The third-order valence-corrected chi connectivity index (χ3v) is 7.04. The molecule has 1 amide bonds. The summed E-state index contributed by atoms with van der Waals surface area (Å²) in [5.41, 5.74) is 0.352. The van der Waals surface area contributed by atoms with Crippen LogP contribution in [-0.2, 0) is 9.53 Å². The average molecular weight is 528 g/mol. The van der Waals surface area contributed by atoms with Crippen molar-refractivity contribution in [3.63, 3.8) is 0 Å². The number of hydrogen-bond acceptors (Lipinski definition) is 5. The number of aromatic nitrogens is 1. The summed E-state index contributed by atoms with van der Waals surface area (Å²) >= 11 is 0. The van der Waals surface area contributed by atoms with E-state index in [-0.39, 0.29) is 23.8 Å². The van der Waals surface area contributed by atoms with Gasteiger partial charge in [0.2, 0.25) is 5.91 Å². The highest BCUT2D eigenvalue weighted by molar-refractivity contribution is 5.98. The fourth-order valence-corrected chi connectivity index (χ4v) is 5.12. The number of nitrogens with zero attached hydrogens (tertiary/aromatic N) is 2. The van der Waals surface area contributed by atoms with Gasteiger partial charge in [-0.15, -0.1) is 0 Å². The molecule has 7 heteroatoms. The third-order valence-electron chi connectivity index (χ3n) is 7.04. The van der Waals surface area contributed by atoms with Crippen LogP contribution in [0, 0.1) is 11.7 Å². The first-order valence-corrected chi connectivity index (χ1v) is 14.1. The molecule has 0 unspecified atom stereocenters. The summed E-state index contributed by atoms with van der Waals surface area (Å²) in [6.07, 6.45) is 16.8. The number of carbonyl (C=O) groups excluding carboxylic acids is 2. The Morgan fingerprint density at radius 3 is 2.50 bits per heavy atom. The second kappa shape index (κ2) is 16.8. The number of ketones is 1. The Kier molecular flexibility index (Phi) is 13.8. The summed E-state index contributed by atoms with van der Waals surface area (Å²) in [5, 5.41) is 3.15. The lowest BCUT2D eigenvalue weighted by molar-refractivity contribution is -0.122. The Morgan fingerprint density at radius 2 is 1.89 bits per heavy atom. The van der Waals surface area contributed by atoms with Gasteiger partial charge in [-0.05, 0) is 70.4 Å². The number of amides is 1. The van der Waals surface area contributed by atoms with Crippen molar-refractivity contribution in [1.29, 1.82) is 0 Å². The molecule has 38 heavy (non-hydrogen) atoms. The van der Waals surface area contributed by atoms with Crippen molar-refractivity contribution in [3.8, 4) is 0 Å². The molecule has 0 bridgehead atoms. The summed E-state index contributed by atoms with van der Waals surface area (Å²) < 4.78 is 19.5. The van der Waals surface area contributed by atoms with Crippen LogP contribution in [0.1, 0.15) is 95.8 Å². The summed E-state index contributed by atoms with van der Waals surface area (Å²) in [6.45, 7) is 12.6. The van der Waals surface area contributed by atoms with Gasteiger partial charge in [-0.1, -0.05) is 51.5 Å². The van der Waals surface area contributed by atoms with Crippen LogP contribution >= 0.6 is 0 Å². The van der Waals surface area contributed by atoms with E-state index >= 15 is 0 Å². The van der Waals surface area contributed by atoms with Crippen LogP contribution in [0.2, 0.25) is 0 Å². The lowest BCUT2D eigenvalue weighted by Gasteiger charge is -2.38. The average Bonchev–Trinajstić information content (AvgIpc) is 2.88. The molecule has 6 nitrogen and oxygen atoms in total. The van der Waals surface area contributed by atoms with Gasteiger partial charge in [0.25, 0.3) is 0 Å². The lowest BCUT2D eigenvalue weighted by Crippen LogP contribution is -2.43. The van der Waals surface area contributed by atoms with Crippen molar-refractivity contribution in [2.45, 2.75) is 97.6 Å². The molecule has 0 spiro atoms. The second-order valence-corrected chi connectivity index (χ2v) is 10.2. The van der Waals surface area contributed by atoms with Gasteiger partial charge in [0.15, 0.2) is 5.78 Å². The number of halogens is 1. The molecule has 0 atom stereocenters. The zero-order valence-electron chi connectivity index (χ0n) is 23.7. The molecular formula is C31H46FN3O3. The van der Waals surface area contributed by atoms with E-state index < -0.39 is 5.82 Å². The fraction of sp³-hybridized carbons (Fsp3) is 0.581. The molecule has 1 aliphatic rings. The first-order chi connectivity index (χ1) is 18.3. The first kappa shape index (κ1) is 31.3. The monoisotopic (exact) mass is 527 g/mol. The number of pyridine rings is 1. The maximum Gasteiger partial charge on any atom is 0.223 e. The zero-order chi connectivity index (χ0) is 27.9. The van der Waals surface area contributed by atoms with E-state index in [0.29, 0.717) is 36.1 Å². The summed E-state index contributed by atoms with van der Waals surface area (Å²) in [4.78, 5) is 31.5. The molecule has 0 saturated heterocycles.